The summed E-state index contributed by atoms with van der Waals surface area (Å²) in [7, 11) is 1.49. The van der Waals surface area contributed by atoms with Gasteiger partial charge in [-0.05, 0) is 29.8 Å². The fourth-order valence-electron chi connectivity index (χ4n) is 1.67. The number of nitriles is 1. The molecule has 19 heavy (non-hydrogen) atoms. The summed E-state index contributed by atoms with van der Waals surface area (Å²) in [6.45, 7) is 0. The highest BCUT2D eigenvalue weighted by Gasteiger charge is 2.04. The molecule has 0 fully saturated rings. The number of ether oxygens (including phenoxy) is 1. The molecule has 0 saturated heterocycles. The Bertz CT molecular complexity index is 643. The molecule has 1 aromatic carbocycles. The quantitative estimate of drug-likeness (QED) is 0.853. The summed E-state index contributed by atoms with van der Waals surface area (Å²) in [4.78, 5) is 3.98. The van der Waals surface area contributed by atoms with Gasteiger partial charge in [0.25, 0.3) is 0 Å². The molecule has 1 aromatic heterocycles. The van der Waals surface area contributed by atoms with E-state index in [2.05, 4.69) is 11.1 Å². The average molecular weight is 252 g/mol. The molecule has 0 atom stereocenters. The highest BCUT2D eigenvalue weighted by atomic mass is 16.5. The Morgan fingerprint density at radius 3 is 2.84 bits per heavy atom. The lowest BCUT2D eigenvalue weighted by Gasteiger charge is -2.04. The molecule has 94 valence electrons. The highest BCUT2D eigenvalue weighted by molar-refractivity contribution is 5.89. The predicted octanol–water partition coefficient (Wildman–Crippen LogP) is 2.86. The number of benzene rings is 1. The monoisotopic (exact) mass is 252 g/mol. The number of aromatic nitrogens is 1. The first kappa shape index (κ1) is 12.7. The summed E-state index contributed by atoms with van der Waals surface area (Å²) < 4.78 is 4.97. The maximum atomic E-state index is 9.70. The van der Waals surface area contributed by atoms with Gasteiger partial charge in [-0.2, -0.15) is 5.26 Å². The van der Waals surface area contributed by atoms with Gasteiger partial charge in [-0.3, -0.25) is 4.98 Å². The molecule has 1 heterocycles. The second kappa shape index (κ2) is 5.69. The average Bonchev–Trinajstić information content (AvgIpc) is 2.46. The van der Waals surface area contributed by atoms with Crippen molar-refractivity contribution in [2.75, 3.05) is 7.11 Å². The van der Waals surface area contributed by atoms with Gasteiger partial charge < -0.3 is 9.84 Å². The summed E-state index contributed by atoms with van der Waals surface area (Å²) in [5, 5.41) is 18.9. The number of aromatic hydroxyl groups is 1. The Kier molecular flexibility index (Phi) is 3.79. The lowest BCUT2D eigenvalue weighted by atomic mass is 10.1. The van der Waals surface area contributed by atoms with Crippen LogP contribution in [0.5, 0.6) is 11.5 Å². The molecular weight excluding hydrogens is 240 g/mol. The van der Waals surface area contributed by atoms with Gasteiger partial charge in [-0.25, -0.2) is 0 Å². The minimum atomic E-state index is 0.0414. The second-order valence-corrected chi connectivity index (χ2v) is 3.84. The smallest absolute Gasteiger partial charge is 0.160 e. The third-order valence-electron chi connectivity index (χ3n) is 2.61. The van der Waals surface area contributed by atoms with Gasteiger partial charge in [0, 0.05) is 18.0 Å². The third-order valence-corrected chi connectivity index (χ3v) is 2.61. The zero-order valence-electron chi connectivity index (χ0n) is 10.4. The van der Waals surface area contributed by atoms with Crippen LogP contribution in [0.2, 0.25) is 0 Å². The molecule has 1 N–H and O–H groups in total. The SMILES string of the molecule is COc1ccc(C=C(C#N)c2cccnc2)cc1O. The van der Waals surface area contributed by atoms with Crippen LogP contribution < -0.4 is 4.74 Å². The van der Waals surface area contributed by atoms with Crippen LogP contribution in [0.25, 0.3) is 11.6 Å². The first-order chi connectivity index (χ1) is 9.24. The maximum Gasteiger partial charge on any atom is 0.160 e. The summed E-state index contributed by atoms with van der Waals surface area (Å²) in [6.07, 6.45) is 4.96. The molecule has 0 spiro atoms. The molecule has 0 aliphatic heterocycles. The number of methoxy groups -OCH3 is 1. The Morgan fingerprint density at radius 2 is 2.26 bits per heavy atom. The fraction of sp³-hybridized carbons (Fsp3) is 0.0667. The minimum absolute atomic E-state index is 0.0414. The minimum Gasteiger partial charge on any atom is -0.504 e. The lowest BCUT2D eigenvalue weighted by molar-refractivity contribution is 0.373. The Labute approximate surface area is 111 Å². The Balaban J connectivity index is 2.39. The van der Waals surface area contributed by atoms with Crippen molar-refractivity contribution in [3.05, 3.63) is 53.9 Å². The number of phenols is 1. The zero-order valence-corrected chi connectivity index (χ0v) is 10.4. The van der Waals surface area contributed by atoms with Gasteiger partial charge in [0.15, 0.2) is 11.5 Å². The van der Waals surface area contributed by atoms with Gasteiger partial charge >= 0.3 is 0 Å². The molecule has 0 saturated carbocycles. The van der Waals surface area contributed by atoms with Crippen molar-refractivity contribution < 1.29 is 9.84 Å². The molecular formula is C15H12N2O2. The first-order valence-electron chi connectivity index (χ1n) is 5.64. The van der Waals surface area contributed by atoms with E-state index >= 15 is 0 Å². The molecule has 4 nitrogen and oxygen atoms in total. The van der Waals surface area contributed by atoms with E-state index in [1.165, 1.54) is 7.11 Å². The van der Waals surface area contributed by atoms with Gasteiger partial charge in [0.05, 0.1) is 18.8 Å². The molecule has 0 bridgehead atoms. The van der Waals surface area contributed by atoms with Crippen molar-refractivity contribution in [3.8, 4) is 17.6 Å². The largest absolute Gasteiger partial charge is 0.504 e. The van der Waals surface area contributed by atoms with Crippen molar-refractivity contribution in [3.63, 3.8) is 0 Å². The van der Waals surface area contributed by atoms with Crippen LogP contribution >= 0.6 is 0 Å². The standard InChI is InChI=1S/C15H12N2O2/c1-19-15-5-4-11(8-14(15)18)7-13(9-16)12-3-2-6-17-10-12/h2-8,10,18H,1H3. The number of rotatable bonds is 3. The number of pyridine rings is 1. The van der Waals surface area contributed by atoms with E-state index in [0.29, 0.717) is 11.3 Å². The first-order valence-corrected chi connectivity index (χ1v) is 5.64. The van der Waals surface area contributed by atoms with E-state index in [4.69, 9.17) is 4.74 Å². The van der Waals surface area contributed by atoms with Gasteiger partial charge in [-0.1, -0.05) is 12.1 Å². The number of hydrogen-bond donors (Lipinski definition) is 1. The molecule has 4 heteroatoms. The predicted molar refractivity (Wildman–Crippen MR) is 72.4 cm³/mol. The van der Waals surface area contributed by atoms with Crippen LogP contribution in [0, 0.1) is 11.3 Å². The van der Waals surface area contributed by atoms with Crippen molar-refractivity contribution in [2.45, 2.75) is 0 Å². The molecule has 0 aliphatic carbocycles. The van der Waals surface area contributed by atoms with Crippen LogP contribution in [-0.2, 0) is 0 Å². The van der Waals surface area contributed by atoms with E-state index in [9.17, 15) is 10.4 Å². The van der Waals surface area contributed by atoms with Gasteiger partial charge in [-0.15, -0.1) is 0 Å². The van der Waals surface area contributed by atoms with Crippen molar-refractivity contribution in [2.24, 2.45) is 0 Å². The van der Waals surface area contributed by atoms with E-state index < -0.39 is 0 Å². The van der Waals surface area contributed by atoms with Crippen LogP contribution in [0.4, 0.5) is 0 Å². The maximum absolute atomic E-state index is 9.70. The molecule has 0 amide bonds. The molecule has 0 radical (unpaired) electrons. The number of allylic oxidation sites excluding steroid dienone is 1. The van der Waals surface area contributed by atoms with E-state index in [1.807, 2.05) is 6.07 Å². The summed E-state index contributed by atoms with van der Waals surface area (Å²) in [5.74, 6) is 0.441. The molecule has 2 aromatic rings. The molecule has 0 aliphatic rings. The van der Waals surface area contributed by atoms with Crippen LogP contribution in [0.3, 0.4) is 0 Å². The number of hydrogen-bond acceptors (Lipinski definition) is 4. The zero-order chi connectivity index (χ0) is 13.7. The van der Waals surface area contributed by atoms with E-state index in [1.54, 1.807) is 42.7 Å². The number of nitrogens with zero attached hydrogens (tertiary/aromatic N) is 2. The van der Waals surface area contributed by atoms with E-state index in [-0.39, 0.29) is 5.75 Å². The summed E-state index contributed by atoms with van der Waals surface area (Å²) in [6, 6.07) is 10.7. The third kappa shape index (κ3) is 2.90. The summed E-state index contributed by atoms with van der Waals surface area (Å²) >= 11 is 0. The highest BCUT2D eigenvalue weighted by Crippen LogP contribution is 2.28. The van der Waals surface area contributed by atoms with Crippen molar-refractivity contribution in [1.82, 2.24) is 4.98 Å². The van der Waals surface area contributed by atoms with Crippen LogP contribution in [-0.4, -0.2) is 17.2 Å². The fourth-order valence-corrected chi connectivity index (χ4v) is 1.67. The summed E-state index contributed by atoms with van der Waals surface area (Å²) in [5.41, 5.74) is 1.94. The lowest BCUT2D eigenvalue weighted by Crippen LogP contribution is -1.85. The Morgan fingerprint density at radius 1 is 1.42 bits per heavy atom. The molecule has 2 rings (SSSR count). The second-order valence-electron chi connectivity index (χ2n) is 3.84. The van der Waals surface area contributed by atoms with Crippen LogP contribution in [0.1, 0.15) is 11.1 Å². The normalized spacial score (nSPS) is 10.8. The van der Waals surface area contributed by atoms with Crippen molar-refractivity contribution in [1.29, 1.82) is 5.26 Å². The van der Waals surface area contributed by atoms with Gasteiger partial charge in [0.2, 0.25) is 0 Å². The van der Waals surface area contributed by atoms with Crippen molar-refractivity contribution >= 4 is 11.6 Å². The topological polar surface area (TPSA) is 66.1 Å². The van der Waals surface area contributed by atoms with Crippen LogP contribution in [0.15, 0.2) is 42.7 Å². The Hall–Kier alpha value is -2.80. The molecule has 0 unspecified atom stereocenters. The van der Waals surface area contributed by atoms with E-state index in [0.717, 1.165) is 11.1 Å². The number of phenolic OH excluding ortho intramolecular Hbond substituents is 1. The van der Waals surface area contributed by atoms with Gasteiger partial charge in [0.1, 0.15) is 0 Å².